The highest BCUT2D eigenvalue weighted by Gasteiger charge is 2.34. The van der Waals surface area contributed by atoms with Crippen LogP contribution in [0.3, 0.4) is 0 Å². The summed E-state index contributed by atoms with van der Waals surface area (Å²) in [6.45, 7) is 7.04. The largest absolute Gasteiger partial charge is 0.448 e. The van der Waals surface area contributed by atoms with Crippen LogP contribution in [0, 0.1) is 11.8 Å². The number of benzene rings is 1. The summed E-state index contributed by atoms with van der Waals surface area (Å²) in [6, 6.07) is 5.96. The molecule has 1 aliphatic rings. The fourth-order valence-corrected chi connectivity index (χ4v) is 4.06. The first-order valence-corrected chi connectivity index (χ1v) is 12.9. The van der Waals surface area contributed by atoms with E-state index in [-0.39, 0.29) is 37.8 Å². The predicted molar refractivity (Wildman–Crippen MR) is 139 cm³/mol. The third-order valence-corrected chi connectivity index (χ3v) is 6.34. The first-order valence-electron chi connectivity index (χ1n) is 12.9. The van der Waals surface area contributed by atoms with Crippen molar-refractivity contribution in [2.45, 2.75) is 71.8 Å². The number of aryl methyl sites for hydroxylation is 1. The average Bonchev–Trinajstić information content (AvgIpc) is 3.37. The van der Waals surface area contributed by atoms with Gasteiger partial charge in [0.15, 0.2) is 6.39 Å². The highest BCUT2D eigenvalue weighted by molar-refractivity contribution is 6.38. The third-order valence-electron chi connectivity index (χ3n) is 6.34. The second-order valence-electron chi connectivity index (χ2n) is 10.0. The van der Waals surface area contributed by atoms with Crippen LogP contribution in [0.4, 0.5) is 4.79 Å². The minimum atomic E-state index is -1.13. The molecule has 1 aliphatic heterocycles. The molecule has 0 saturated carbocycles. The van der Waals surface area contributed by atoms with Crippen LogP contribution in [0.1, 0.15) is 51.1 Å². The van der Waals surface area contributed by atoms with E-state index in [0.29, 0.717) is 11.5 Å². The van der Waals surface area contributed by atoms with Crippen molar-refractivity contribution in [1.29, 1.82) is 0 Å². The van der Waals surface area contributed by atoms with Gasteiger partial charge in [-0.25, -0.2) is 9.78 Å². The van der Waals surface area contributed by atoms with Crippen molar-refractivity contribution in [3.05, 3.63) is 53.7 Å². The summed E-state index contributed by atoms with van der Waals surface area (Å²) >= 11 is 0. The minimum absolute atomic E-state index is 0.0364. The Balaban J connectivity index is 1.64. The molecule has 0 radical (unpaired) electrons. The van der Waals surface area contributed by atoms with Gasteiger partial charge in [0.05, 0.1) is 12.6 Å². The van der Waals surface area contributed by atoms with Crippen molar-refractivity contribution in [3.63, 3.8) is 0 Å². The number of ketones is 1. The number of hydrogen-bond acceptors (Lipinski definition) is 8. The average molecular weight is 542 g/mol. The van der Waals surface area contributed by atoms with E-state index in [1.807, 2.05) is 30.3 Å². The normalized spacial score (nSPS) is 17.1. The van der Waals surface area contributed by atoms with Crippen LogP contribution in [-0.2, 0) is 43.5 Å². The number of oxazole rings is 1. The van der Waals surface area contributed by atoms with Gasteiger partial charge in [0, 0.05) is 6.42 Å². The monoisotopic (exact) mass is 541 g/mol. The van der Waals surface area contributed by atoms with Gasteiger partial charge in [-0.3, -0.25) is 19.2 Å². The molecular formula is C27H35N5O7. The summed E-state index contributed by atoms with van der Waals surface area (Å²) in [5.74, 6) is -3.03. The third kappa shape index (κ3) is 8.13. The maximum atomic E-state index is 13.2. The Morgan fingerprint density at radius 2 is 1.69 bits per heavy atom. The lowest BCUT2D eigenvalue weighted by atomic mass is 9.98. The molecular weight excluding hydrogens is 506 g/mol. The summed E-state index contributed by atoms with van der Waals surface area (Å²) in [5.41, 5.74) is 1.31. The molecule has 1 aromatic heterocycles. The zero-order valence-electron chi connectivity index (χ0n) is 22.5. The molecule has 3 unspecified atom stereocenters. The summed E-state index contributed by atoms with van der Waals surface area (Å²) in [4.78, 5) is 67.9. The van der Waals surface area contributed by atoms with Crippen LogP contribution in [-0.4, -0.2) is 52.7 Å². The van der Waals surface area contributed by atoms with Crippen LogP contribution < -0.4 is 21.3 Å². The molecule has 210 valence electrons. The first kappa shape index (κ1) is 29.3. The Morgan fingerprint density at radius 1 is 1.03 bits per heavy atom. The van der Waals surface area contributed by atoms with Crippen molar-refractivity contribution in [1.82, 2.24) is 26.3 Å². The van der Waals surface area contributed by atoms with Gasteiger partial charge in [0.2, 0.25) is 17.6 Å². The van der Waals surface area contributed by atoms with E-state index >= 15 is 0 Å². The van der Waals surface area contributed by atoms with E-state index in [9.17, 15) is 24.0 Å². The summed E-state index contributed by atoms with van der Waals surface area (Å²) in [6.07, 6.45) is 0.883. The molecule has 3 rings (SSSR count). The topological polar surface area (TPSA) is 169 Å². The van der Waals surface area contributed by atoms with Gasteiger partial charge in [0.1, 0.15) is 30.1 Å². The Morgan fingerprint density at radius 3 is 2.36 bits per heavy atom. The van der Waals surface area contributed by atoms with Gasteiger partial charge in [-0.2, -0.15) is 0 Å². The lowest BCUT2D eigenvalue weighted by Gasteiger charge is -2.28. The lowest BCUT2D eigenvalue weighted by molar-refractivity contribution is -0.140. The minimum Gasteiger partial charge on any atom is -0.448 e. The second kappa shape index (κ2) is 13.5. The van der Waals surface area contributed by atoms with Crippen LogP contribution in [0.25, 0.3) is 0 Å². The van der Waals surface area contributed by atoms with E-state index in [2.05, 4.69) is 26.3 Å². The van der Waals surface area contributed by atoms with Gasteiger partial charge in [-0.15, -0.1) is 0 Å². The van der Waals surface area contributed by atoms with E-state index in [4.69, 9.17) is 9.15 Å². The Labute approximate surface area is 226 Å². The van der Waals surface area contributed by atoms with Crippen molar-refractivity contribution in [2.75, 3.05) is 0 Å². The summed E-state index contributed by atoms with van der Waals surface area (Å²) < 4.78 is 10.6. The molecule has 4 N–H and O–H groups in total. The SMILES string of the molecule is CC(C)C(NC(=O)OCc1ccccc1)C(=O)NC(C(=O)NC1CCc2ocnc2CNC(=O)C1=O)C(C)C. The molecule has 2 heterocycles. The second-order valence-corrected chi connectivity index (χ2v) is 10.0. The predicted octanol–water partition coefficient (Wildman–Crippen LogP) is 1.38. The van der Waals surface area contributed by atoms with E-state index in [0.717, 1.165) is 5.56 Å². The highest BCUT2D eigenvalue weighted by Crippen LogP contribution is 2.14. The number of nitrogens with zero attached hydrogens (tertiary/aromatic N) is 1. The maximum absolute atomic E-state index is 13.2. The Bertz CT molecular complexity index is 1180. The van der Waals surface area contributed by atoms with Crippen molar-refractivity contribution in [3.8, 4) is 0 Å². The van der Waals surface area contributed by atoms with Gasteiger partial charge in [-0.1, -0.05) is 58.0 Å². The van der Waals surface area contributed by atoms with Gasteiger partial charge in [0.25, 0.3) is 5.91 Å². The fourth-order valence-electron chi connectivity index (χ4n) is 4.06. The van der Waals surface area contributed by atoms with E-state index < -0.39 is 47.7 Å². The number of amides is 4. The first-order chi connectivity index (χ1) is 18.6. The molecule has 0 aliphatic carbocycles. The molecule has 0 spiro atoms. The van der Waals surface area contributed by atoms with Crippen LogP contribution >= 0.6 is 0 Å². The number of fused-ring (bicyclic) bond motifs is 1. The molecule has 0 bridgehead atoms. The number of carbonyl (C=O) groups excluding carboxylic acids is 5. The summed E-state index contributed by atoms with van der Waals surface area (Å²) in [7, 11) is 0. The Kier molecular flexibility index (Phi) is 10.2. The van der Waals surface area contributed by atoms with Crippen molar-refractivity contribution < 1.29 is 33.1 Å². The number of rotatable bonds is 9. The molecule has 3 atom stereocenters. The van der Waals surface area contributed by atoms with E-state index in [1.54, 1.807) is 27.7 Å². The van der Waals surface area contributed by atoms with Crippen molar-refractivity contribution in [2.24, 2.45) is 11.8 Å². The number of alkyl carbamates (subject to hydrolysis) is 1. The molecule has 12 nitrogen and oxygen atoms in total. The smallest absolute Gasteiger partial charge is 0.408 e. The molecule has 0 fully saturated rings. The molecule has 1 aromatic carbocycles. The van der Waals surface area contributed by atoms with Gasteiger partial charge in [-0.05, 0) is 23.8 Å². The van der Waals surface area contributed by atoms with Gasteiger partial charge < -0.3 is 30.4 Å². The van der Waals surface area contributed by atoms with Crippen LogP contribution in [0.2, 0.25) is 0 Å². The van der Waals surface area contributed by atoms with Crippen LogP contribution in [0.5, 0.6) is 0 Å². The number of nitrogens with one attached hydrogen (secondary N) is 4. The highest BCUT2D eigenvalue weighted by atomic mass is 16.5. The quantitative estimate of drug-likeness (QED) is 0.345. The molecule has 12 heteroatoms. The number of aromatic nitrogens is 1. The molecule has 0 saturated heterocycles. The standard InChI is InChI=1S/C27H35N5O7/c1-15(2)21(24(34)30-18-10-11-20-19(29-14-39-20)12-28-26(36)23(18)33)31-25(35)22(16(3)4)32-27(37)38-13-17-8-6-5-7-9-17/h5-9,14-16,18,21-22H,10-13H2,1-4H3,(H,28,36)(H,30,34)(H,31,35)(H,32,37). The number of carbonyl (C=O) groups is 5. The zero-order valence-corrected chi connectivity index (χ0v) is 22.5. The Hall–Kier alpha value is -4.22. The molecule has 2 aromatic rings. The molecule has 4 amide bonds. The van der Waals surface area contributed by atoms with Crippen molar-refractivity contribution >= 4 is 29.6 Å². The van der Waals surface area contributed by atoms with E-state index in [1.165, 1.54) is 6.39 Å². The molecule has 39 heavy (non-hydrogen) atoms. The fraction of sp³-hybridized carbons (Fsp3) is 0.481. The number of hydrogen-bond donors (Lipinski definition) is 4. The van der Waals surface area contributed by atoms with Gasteiger partial charge >= 0.3 is 6.09 Å². The lowest BCUT2D eigenvalue weighted by Crippen LogP contribution is -2.59. The zero-order chi connectivity index (χ0) is 28.5. The number of ether oxygens (including phenoxy) is 1. The van der Waals surface area contributed by atoms with Crippen LogP contribution in [0.15, 0.2) is 41.1 Å². The summed E-state index contributed by atoms with van der Waals surface area (Å²) in [5, 5.41) is 10.3. The number of Topliss-reactive ketones (excluding diaryl/α,β-unsaturated/α-hetero) is 1. The maximum Gasteiger partial charge on any atom is 0.408 e.